The summed E-state index contributed by atoms with van der Waals surface area (Å²) in [7, 11) is 0. The molecule has 2 aromatic carbocycles. The summed E-state index contributed by atoms with van der Waals surface area (Å²) in [5.74, 6) is -0.907. The molecule has 3 rings (SSSR count). The average Bonchev–Trinajstić information content (AvgIpc) is 2.74. The fourth-order valence-electron chi connectivity index (χ4n) is 2.89. The number of nitroso groups, excluding NO2 is 1. The first kappa shape index (κ1) is 22.0. The van der Waals surface area contributed by atoms with Gasteiger partial charge in [0, 0.05) is 22.7 Å². The number of nitrogens with zero attached hydrogens (tertiary/aromatic N) is 3. The van der Waals surface area contributed by atoms with E-state index in [-0.39, 0.29) is 30.4 Å². The Kier molecular flexibility index (Phi) is 6.69. The van der Waals surface area contributed by atoms with Gasteiger partial charge in [-0.05, 0) is 45.4 Å². The highest BCUT2D eigenvalue weighted by Crippen LogP contribution is 2.29. The predicted octanol–water partition coefficient (Wildman–Crippen LogP) is 4.70. The topological polar surface area (TPSA) is 108 Å². The number of benzene rings is 2. The van der Waals surface area contributed by atoms with Crippen LogP contribution in [0.4, 0.5) is 0 Å². The van der Waals surface area contributed by atoms with E-state index in [0.717, 1.165) is 5.56 Å². The van der Waals surface area contributed by atoms with Crippen LogP contribution in [0.15, 0.2) is 53.7 Å². The molecule has 8 nitrogen and oxygen atoms in total. The number of hydrogen-bond acceptors (Lipinski definition) is 7. The van der Waals surface area contributed by atoms with Crippen molar-refractivity contribution in [3.05, 3.63) is 59.0 Å². The molecule has 0 fully saturated rings. The predicted molar refractivity (Wildman–Crippen MR) is 116 cm³/mol. The molecule has 31 heavy (non-hydrogen) atoms. The van der Waals surface area contributed by atoms with E-state index in [0.29, 0.717) is 23.1 Å². The maximum Gasteiger partial charge on any atom is 0.316 e. The maximum absolute atomic E-state index is 11.9. The molecule has 0 radical (unpaired) electrons. The lowest BCUT2D eigenvalue weighted by molar-refractivity contribution is -0.155. The second kappa shape index (κ2) is 9.42. The molecule has 0 aliphatic carbocycles. The summed E-state index contributed by atoms with van der Waals surface area (Å²) < 4.78 is 11.2. The van der Waals surface area contributed by atoms with Gasteiger partial charge in [-0.1, -0.05) is 30.3 Å². The Morgan fingerprint density at radius 1 is 1.00 bits per heavy atom. The summed E-state index contributed by atoms with van der Waals surface area (Å²) in [6.45, 7) is 5.68. The molecule has 1 heterocycles. The van der Waals surface area contributed by atoms with E-state index in [1.807, 2.05) is 51.1 Å². The standard InChI is InChI=1S/C23H23N3O5/c1-23(2,3)31-19(27)10-7-13-30-22-20(15-8-5-4-6-9-15)24-17-12-11-16(21(28)26-29)14-18(17)25-22/h4-6,8-9,11-12,14H,7,10,13H2,1-3H3. The lowest BCUT2D eigenvalue weighted by Crippen LogP contribution is -2.24. The highest BCUT2D eigenvalue weighted by molar-refractivity contribution is 5.98. The zero-order valence-electron chi connectivity index (χ0n) is 17.6. The van der Waals surface area contributed by atoms with Gasteiger partial charge in [0.05, 0.1) is 17.6 Å². The molecule has 0 aliphatic rings. The Morgan fingerprint density at radius 3 is 2.42 bits per heavy atom. The van der Waals surface area contributed by atoms with Crippen LogP contribution >= 0.6 is 0 Å². The van der Waals surface area contributed by atoms with Crippen LogP contribution in [-0.4, -0.2) is 34.1 Å². The number of fused-ring (bicyclic) bond motifs is 1. The Morgan fingerprint density at radius 2 is 1.74 bits per heavy atom. The van der Waals surface area contributed by atoms with Crippen LogP contribution in [0.3, 0.4) is 0 Å². The molecule has 3 aromatic rings. The third kappa shape index (κ3) is 5.91. The van der Waals surface area contributed by atoms with E-state index in [1.165, 1.54) is 12.1 Å². The fraction of sp³-hybridized carbons (Fsp3) is 0.304. The minimum absolute atomic E-state index is 0.125. The van der Waals surface area contributed by atoms with Crippen LogP contribution in [0, 0.1) is 4.91 Å². The molecule has 1 amide bonds. The van der Waals surface area contributed by atoms with E-state index in [1.54, 1.807) is 6.07 Å². The monoisotopic (exact) mass is 421 g/mol. The Hall–Kier alpha value is -3.68. The van der Waals surface area contributed by atoms with Gasteiger partial charge in [-0.2, -0.15) is 0 Å². The van der Waals surface area contributed by atoms with Gasteiger partial charge < -0.3 is 9.47 Å². The summed E-state index contributed by atoms with van der Waals surface area (Å²) in [5.41, 5.74) is 1.89. The zero-order valence-corrected chi connectivity index (χ0v) is 17.6. The van der Waals surface area contributed by atoms with Gasteiger partial charge in [-0.25, -0.2) is 9.97 Å². The highest BCUT2D eigenvalue weighted by atomic mass is 16.6. The van der Waals surface area contributed by atoms with E-state index in [4.69, 9.17) is 9.47 Å². The van der Waals surface area contributed by atoms with Crippen molar-refractivity contribution in [2.24, 2.45) is 5.18 Å². The second-order valence-corrected chi connectivity index (χ2v) is 7.88. The number of carbonyl (C=O) groups excluding carboxylic acids is 2. The SMILES string of the molecule is CC(C)(C)OC(=O)CCCOc1nc2cc(C(=O)N=O)ccc2nc1-c1ccccc1. The van der Waals surface area contributed by atoms with Crippen LogP contribution in [0.1, 0.15) is 44.0 Å². The van der Waals surface area contributed by atoms with Gasteiger partial charge in [0.25, 0.3) is 0 Å². The highest BCUT2D eigenvalue weighted by Gasteiger charge is 2.17. The Labute approximate surface area is 179 Å². The second-order valence-electron chi connectivity index (χ2n) is 7.88. The first-order chi connectivity index (χ1) is 14.8. The van der Waals surface area contributed by atoms with Crippen LogP contribution in [-0.2, 0) is 9.53 Å². The third-order valence-corrected chi connectivity index (χ3v) is 4.19. The van der Waals surface area contributed by atoms with Crippen molar-refractivity contribution in [1.82, 2.24) is 9.97 Å². The largest absolute Gasteiger partial charge is 0.476 e. The summed E-state index contributed by atoms with van der Waals surface area (Å²) in [6, 6.07) is 14.0. The molecular formula is C23H23N3O5. The summed E-state index contributed by atoms with van der Waals surface area (Å²) in [5, 5.41) is 2.44. The van der Waals surface area contributed by atoms with Crippen molar-refractivity contribution in [2.75, 3.05) is 6.61 Å². The van der Waals surface area contributed by atoms with Gasteiger partial charge >= 0.3 is 11.9 Å². The number of ether oxygens (including phenoxy) is 2. The molecule has 1 aromatic heterocycles. The van der Waals surface area contributed by atoms with Crippen molar-refractivity contribution < 1.29 is 19.1 Å². The zero-order chi connectivity index (χ0) is 22.4. The third-order valence-electron chi connectivity index (χ3n) is 4.19. The van der Waals surface area contributed by atoms with Crippen LogP contribution in [0.25, 0.3) is 22.3 Å². The van der Waals surface area contributed by atoms with E-state index in [2.05, 4.69) is 15.1 Å². The summed E-state index contributed by atoms with van der Waals surface area (Å²) in [4.78, 5) is 43.2. The number of carbonyl (C=O) groups is 2. The lowest BCUT2D eigenvalue weighted by atomic mass is 10.1. The molecular weight excluding hydrogens is 398 g/mol. The molecule has 0 atom stereocenters. The quantitative estimate of drug-likeness (QED) is 0.309. The molecule has 8 heteroatoms. The van der Waals surface area contributed by atoms with Gasteiger partial charge in [0.2, 0.25) is 5.88 Å². The molecule has 0 spiro atoms. The first-order valence-corrected chi connectivity index (χ1v) is 9.86. The number of hydrogen-bond donors (Lipinski definition) is 0. The van der Waals surface area contributed by atoms with Crippen LogP contribution < -0.4 is 4.74 Å². The Balaban J connectivity index is 1.85. The van der Waals surface area contributed by atoms with E-state index < -0.39 is 11.5 Å². The number of aromatic nitrogens is 2. The van der Waals surface area contributed by atoms with Crippen LogP contribution in [0.2, 0.25) is 0 Å². The van der Waals surface area contributed by atoms with Crippen molar-refractivity contribution in [3.8, 4) is 17.1 Å². The molecule has 0 saturated heterocycles. The summed E-state index contributed by atoms with van der Waals surface area (Å²) in [6.07, 6.45) is 0.652. The van der Waals surface area contributed by atoms with Gasteiger partial charge in [0.1, 0.15) is 11.3 Å². The lowest BCUT2D eigenvalue weighted by Gasteiger charge is -2.19. The van der Waals surface area contributed by atoms with Crippen molar-refractivity contribution in [1.29, 1.82) is 0 Å². The maximum atomic E-state index is 11.9. The van der Waals surface area contributed by atoms with Crippen molar-refractivity contribution in [3.63, 3.8) is 0 Å². The number of esters is 1. The normalized spacial score (nSPS) is 11.2. The molecule has 0 aliphatic heterocycles. The van der Waals surface area contributed by atoms with Gasteiger partial charge in [0.15, 0.2) is 0 Å². The number of rotatable bonds is 7. The molecule has 0 unspecified atom stereocenters. The van der Waals surface area contributed by atoms with Crippen molar-refractivity contribution >= 4 is 22.9 Å². The first-order valence-electron chi connectivity index (χ1n) is 9.86. The van der Waals surface area contributed by atoms with Gasteiger partial charge in [-0.3, -0.25) is 9.59 Å². The van der Waals surface area contributed by atoms with Gasteiger partial charge in [-0.15, -0.1) is 4.91 Å². The Bertz CT molecular complexity index is 1110. The minimum Gasteiger partial charge on any atom is -0.476 e. The smallest absolute Gasteiger partial charge is 0.316 e. The minimum atomic E-state index is -0.879. The molecule has 0 N–H and O–H groups in total. The summed E-state index contributed by atoms with van der Waals surface area (Å²) >= 11 is 0. The van der Waals surface area contributed by atoms with E-state index in [9.17, 15) is 14.5 Å². The van der Waals surface area contributed by atoms with Crippen LogP contribution in [0.5, 0.6) is 5.88 Å². The van der Waals surface area contributed by atoms with E-state index >= 15 is 0 Å². The van der Waals surface area contributed by atoms with Crippen molar-refractivity contribution in [2.45, 2.75) is 39.2 Å². The molecule has 0 bridgehead atoms. The number of amides is 1. The fourth-order valence-corrected chi connectivity index (χ4v) is 2.89. The average molecular weight is 421 g/mol. The molecule has 0 saturated carbocycles. The molecule has 160 valence electrons.